The zero-order valence-electron chi connectivity index (χ0n) is 69.8. The zero-order valence-corrected chi connectivity index (χ0v) is 69.8. The predicted molar refractivity (Wildman–Crippen MR) is 399 cm³/mol. The Labute approximate surface area is 731 Å². The Morgan fingerprint density at radius 1 is 0.202 bits per heavy atom. The molecule has 10 saturated heterocycles. The molecule has 0 spiro atoms. The molecule has 50 atom stereocenters. The molecule has 10 aliphatic rings. The van der Waals surface area contributed by atoms with Crippen molar-refractivity contribution < 1.29 is 252 Å². The van der Waals surface area contributed by atoms with E-state index in [1.54, 1.807) is 0 Å². The number of aliphatic hydroxyl groups is 26. The van der Waals surface area contributed by atoms with Crippen LogP contribution in [0.2, 0.25) is 0 Å². The fourth-order valence-electron chi connectivity index (χ4n) is 16.7. The quantitative estimate of drug-likeness (QED) is 0.0284. The van der Waals surface area contributed by atoms with Gasteiger partial charge in [-0.25, -0.2) is 0 Å². The Kier molecular flexibility index (Phi) is 38.4. The molecule has 129 heavy (non-hydrogen) atoms. The molecule has 0 aliphatic carbocycles. The van der Waals surface area contributed by atoms with E-state index in [1.165, 1.54) is 0 Å². The van der Waals surface area contributed by atoms with E-state index in [0.717, 1.165) is 41.5 Å². The molecule has 0 aromatic carbocycles. The van der Waals surface area contributed by atoms with Gasteiger partial charge >= 0.3 is 0 Å². The van der Waals surface area contributed by atoms with Crippen molar-refractivity contribution in [2.24, 2.45) is 0 Å². The van der Waals surface area contributed by atoms with Gasteiger partial charge in [-0.1, -0.05) is 0 Å². The Morgan fingerprint density at radius 2 is 0.434 bits per heavy atom. The first-order valence-electron chi connectivity index (χ1n) is 41.1. The van der Waals surface area contributed by atoms with Crippen molar-refractivity contribution in [1.29, 1.82) is 0 Å². The van der Waals surface area contributed by atoms with Gasteiger partial charge in [0.25, 0.3) is 0 Å². The van der Waals surface area contributed by atoms with Gasteiger partial charge in [-0.2, -0.15) is 0 Å². The zero-order chi connectivity index (χ0) is 95.1. The van der Waals surface area contributed by atoms with E-state index in [1.807, 2.05) is 0 Å². The summed E-state index contributed by atoms with van der Waals surface area (Å²) in [7, 11) is 0. The van der Waals surface area contributed by atoms with E-state index in [4.69, 9.17) is 90.0 Å². The number of amides is 6. The van der Waals surface area contributed by atoms with Crippen LogP contribution in [0.25, 0.3) is 0 Å². The van der Waals surface area contributed by atoms with Crippen LogP contribution in [0.3, 0.4) is 0 Å². The minimum atomic E-state index is -2.82. The maximum absolute atomic E-state index is 13.5. The Bertz CT molecular complexity index is 3570. The fourth-order valence-corrected chi connectivity index (χ4v) is 16.7. The predicted octanol–water partition coefficient (Wildman–Crippen LogP) is -21.9. The monoisotopic (exact) mass is 1880 g/mol. The van der Waals surface area contributed by atoms with Crippen LogP contribution >= 0.6 is 0 Å². The largest absolute Gasteiger partial charge is 0.394 e. The van der Waals surface area contributed by atoms with Gasteiger partial charge in [0.05, 0.1) is 66.1 Å². The van der Waals surface area contributed by atoms with Gasteiger partial charge in [0.15, 0.2) is 62.9 Å². The molecule has 10 aliphatic heterocycles. The van der Waals surface area contributed by atoms with E-state index < -0.39 is 408 Å². The van der Waals surface area contributed by atoms with Crippen molar-refractivity contribution in [3.8, 4) is 0 Å². The van der Waals surface area contributed by atoms with E-state index in [0.29, 0.717) is 0 Å². The van der Waals surface area contributed by atoms with Crippen LogP contribution in [0.5, 0.6) is 0 Å². The first kappa shape index (κ1) is 106. The first-order valence-corrected chi connectivity index (χ1v) is 41.1. The summed E-state index contributed by atoms with van der Waals surface area (Å²) in [5.74, 6) is -5.77. The second kappa shape index (κ2) is 46.7. The molecule has 0 radical (unpaired) electrons. The van der Waals surface area contributed by atoms with Crippen LogP contribution in [0.1, 0.15) is 41.5 Å². The average molecular weight is 1890 g/mol. The number of hydrogen-bond donors (Lipinski definition) is 32. The van der Waals surface area contributed by atoms with Crippen LogP contribution in [0.15, 0.2) is 0 Å². The van der Waals surface area contributed by atoms with Crippen molar-refractivity contribution >= 4 is 35.4 Å². The van der Waals surface area contributed by atoms with Crippen LogP contribution in [0, 0.1) is 0 Å². The fraction of sp³-hybridized carbons (Fsp3) is 0.917. The van der Waals surface area contributed by atoms with Crippen molar-refractivity contribution in [2.75, 3.05) is 66.1 Å². The lowest BCUT2D eigenvalue weighted by molar-refractivity contribution is -0.412. The third kappa shape index (κ3) is 24.0. The molecular weight excluding hydrogens is 1760 g/mol. The van der Waals surface area contributed by atoms with Gasteiger partial charge in [-0.3, -0.25) is 28.8 Å². The third-order valence-electron chi connectivity index (χ3n) is 23.3. The van der Waals surface area contributed by atoms with Gasteiger partial charge < -0.3 is 255 Å². The minimum absolute atomic E-state index is 0.831. The van der Waals surface area contributed by atoms with Crippen LogP contribution in [0.4, 0.5) is 0 Å². The lowest BCUT2D eigenvalue weighted by Gasteiger charge is -2.53. The molecule has 0 saturated carbocycles. The number of carbonyl (C=O) groups is 6. The lowest BCUT2D eigenvalue weighted by Crippen LogP contribution is -2.72. The molecule has 744 valence electrons. The van der Waals surface area contributed by atoms with Crippen molar-refractivity contribution in [1.82, 2.24) is 31.9 Å². The normalized spacial score (nSPS) is 47.5. The standard InChI is InChI=1S/C72H120N6O51/c1-17(88)73-33-47(102)55(28(12-84)112-63(33)110)122-67-37(77-21(5)92)48(103)57(30(14-86)118-67)125-70-54(109)60(127-72-62(129-66-36(76-20(4)91)46(101)41(96)25(9-81)115-66)53(108)58(31(15-87)120-72)123-64-34(74-18(2)89)44(99)39(94)23(7-79)113-64)59(126-65-35(75-19(3)90)45(100)40(95)24(8-80)114-65)32(121-70)16-111-71-61(51(106)43(98)27(11-83)117-71)128-68-38(78-22(6)93)49(104)56(29(13-85)119-68)124-69-52(107)50(105)42(97)26(10-82)116-69/h23-72,79-87,94-110H,7-16H2,1-6H3,(H,73,88)(H,74,89)(H,75,90)(H,76,91)(H,77,92)(H,78,93)/t23-,24-,25-,26-,27-,28-,29-,30-,31-,32-,33-,34-,35-,36-,37-,38-,39-,40-,41-,42+,43-,44-,45-,46-,47-,48-,49-,50+,51+,52-,53+,54+,55-,56-,57-,58-,59-,60-,61+,62+,63?,64+,65+,66+,67+,68+,69+,70+,71+,72-/m1/s1. The minimum Gasteiger partial charge on any atom is -0.394 e. The molecule has 0 aromatic rings. The summed E-state index contributed by atoms with van der Waals surface area (Å²) in [5.41, 5.74) is 0. The van der Waals surface area contributed by atoms with Crippen molar-refractivity contribution in [3.05, 3.63) is 0 Å². The van der Waals surface area contributed by atoms with Crippen molar-refractivity contribution in [3.63, 3.8) is 0 Å². The highest BCUT2D eigenvalue weighted by Gasteiger charge is 2.63. The van der Waals surface area contributed by atoms with Gasteiger partial charge in [-0.15, -0.1) is 0 Å². The second-order valence-electron chi connectivity index (χ2n) is 32.4. The maximum atomic E-state index is 13.5. The SMILES string of the molecule is CC(=O)N[C@H]1[C@H](O[C@H]2[C@H](O)[C@@H](NC(C)=O)C(O)O[C@@H]2CO)O[C@H](CO)[C@@H](O[C@@H]2O[C@H](CO[C@H]3O[C@H](CO)[C@@H](O)[C@H](O)[C@@H]3O[C@@H]3O[C@H](CO)[C@@H](O[C@@H]4O[C@H](CO)[C@H](O)[C@H](O)[C@H]4O)[C@H](O)[C@H]3NC(C)=O)[C@@H](O[C@@H]3O[C@H](CO)[C@@H](O)[C@H](O)[C@H]3NC(C)=O)[C@H](O[C@H]3O[C@H](CO)[C@@H](O[C@@H]4O[C@H](CO)[C@@H](O)[C@H](O)[C@H]4NC(C)=O)[C@H](O)[C@@H]3O[C@@H]3O[C@H](CO)[C@@H](O)[C@H](O)[C@H]3NC(C)=O)[C@@H]2O)[C@@H]1O. The number of hydrogen-bond acceptors (Lipinski definition) is 51. The van der Waals surface area contributed by atoms with Gasteiger partial charge in [0, 0.05) is 41.5 Å². The summed E-state index contributed by atoms with van der Waals surface area (Å²) < 4.78 is 117. The van der Waals surface area contributed by atoms with Gasteiger partial charge in [0.2, 0.25) is 35.4 Å². The van der Waals surface area contributed by atoms with Crippen LogP contribution in [-0.2, 0) is 119 Å². The molecule has 57 nitrogen and oxygen atoms in total. The van der Waals surface area contributed by atoms with Gasteiger partial charge in [0.1, 0.15) is 244 Å². The highest BCUT2D eigenvalue weighted by atomic mass is 16.8. The van der Waals surface area contributed by atoms with E-state index in [9.17, 15) is 162 Å². The summed E-state index contributed by atoms with van der Waals surface area (Å²) in [4.78, 5) is 77.8. The van der Waals surface area contributed by atoms with E-state index in [-0.39, 0.29) is 0 Å². The smallest absolute Gasteiger partial charge is 0.217 e. The molecule has 0 aromatic heterocycles. The molecule has 32 N–H and O–H groups in total. The molecule has 57 heteroatoms. The highest BCUT2D eigenvalue weighted by Crippen LogP contribution is 2.42. The maximum Gasteiger partial charge on any atom is 0.217 e. The molecule has 10 heterocycles. The number of carbonyl (C=O) groups excluding carboxylic acids is 6. The summed E-state index contributed by atoms with van der Waals surface area (Å²) in [6, 6.07) is -11.7. The molecule has 6 amide bonds. The number of aliphatic hydroxyl groups excluding tert-OH is 26. The molecular formula is C72H120N6O51. The lowest BCUT2D eigenvalue weighted by atomic mass is 9.93. The molecule has 1 unspecified atom stereocenters. The van der Waals surface area contributed by atoms with E-state index in [2.05, 4.69) is 31.9 Å². The molecule has 10 rings (SSSR count). The van der Waals surface area contributed by atoms with Gasteiger partial charge in [-0.05, 0) is 0 Å². The number of ether oxygens (including phenoxy) is 19. The molecule has 0 bridgehead atoms. The summed E-state index contributed by atoms with van der Waals surface area (Å²) in [6.07, 6.45) is -96.9. The average Bonchev–Trinajstić information content (AvgIpc) is 0.753. The van der Waals surface area contributed by atoms with Crippen LogP contribution in [-0.4, -0.2) is 541 Å². The second-order valence-corrected chi connectivity index (χ2v) is 32.4. The first-order chi connectivity index (χ1) is 61.0. The number of rotatable bonds is 34. The topological polar surface area (TPSA) is 876 Å². The van der Waals surface area contributed by atoms with Crippen molar-refractivity contribution in [2.45, 2.75) is 348 Å². The highest BCUT2D eigenvalue weighted by molar-refractivity contribution is 5.75. The summed E-state index contributed by atoms with van der Waals surface area (Å²) in [6.45, 7) is -6.40. The van der Waals surface area contributed by atoms with E-state index >= 15 is 0 Å². The number of nitrogens with one attached hydrogen (secondary N) is 6. The summed E-state index contributed by atoms with van der Waals surface area (Å²) >= 11 is 0. The van der Waals surface area contributed by atoms with Crippen LogP contribution < -0.4 is 31.9 Å². The Morgan fingerprint density at radius 3 is 0.791 bits per heavy atom. The third-order valence-corrected chi connectivity index (χ3v) is 23.3. The molecule has 10 fully saturated rings. The Balaban J connectivity index is 1.13. The summed E-state index contributed by atoms with van der Waals surface area (Å²) in [5, 5.41) is 309. The Hall–Kier alpha value is -4.98.